The molecule has 0 aliphatic carbocycles. The molecule has 16 heavy (non-hydrogen) atoms. The summed E-state index contributed by atoms with van der Waals surface area (Å²) >= 11 is 0. The Bertz CT molecular complexity index is 514. The van der Waals surface area contributed by atoms with Gasteiger partial charge in [0.2, 0.25) is 0 Å². The zero-order valence-electron chi connectivity index (χ0n) is 8.11. The molecular formula is C10H8N2O4. The normalized spacial score (nSPS) is 26.2. The Balaban J connectivity index is 2.15. The molecule has 0 saturated carbocycles. The van der Waals surface area contributed by atoms with Crippen molar-refractivity contribution in [3.63, 3.8) is 0 Å². The molecule has 0 aromatic heterocycles. The van der Waals surface area contributed by atoms with Crippen LogP contribution in [-0.4, -0.2) is 23.7 Å². The van der Waals surface area contributed by atoms with Crippen LogP contribution >= 0.6 is 0 Å². The number of phenols is 1. The van der Waals surface area contributed by atoms with E-state index in [1.54, 1.807) is 6.07 Å². The molecule has 1 fully saturated rings. The van der Waals surface area contributed by atoms with Gasteiger partial charge in [0, 0.05) is 11.6 Å². The Morgan fingerprint density at radius 1 is 1.38 bits per heavy atom. The van der Waals surface area contributed by atoms with Crippen molar-refractivity contribution < 1.29 is 19.4 Å². The molecule has 3 amide bonds. The Labute approximate surface area is 90.2 Å². The topological polar surface area (TPSA) is 87.7 Å². The molecule has 1 aromatic carbocycles. The molecule has 2 aliphatic rings. The summed E-state index contributed by atoms with van der Waals surface area (Å²) in [4.78, 5) is 22.9. The van der Waals surface area contributed by atoms with Gasteiger partial charge >= 0.3 is 6.03 Å². The summed E-state index contributed by atoms with van der Waals surface area (Å²) < 4.78 is 5.30. The standard InChI is InChI=1S/C10H8N2O4/c13-5-1-2-6-7(3-5)16-4-10(6)8(14)11-9(15)12-10/h1-3,13H,4H2,(H2,11,12,14,15). The Hall–Kier alpha value is -2.24. The van der Waals surface area contributed by atoms with E-state index in [0.717, 1.165) is 0 Å². The van der Waals surface area contributed by atoms with E-state index in [2.05, 4.69) is 10.6 Å². The second-order valence-corrected chi connectivity index (χ2v) is 3.78. The minimum absolute atomic E-state index is 0.0450. The number of urea groups is 1. The van der Waals surface area contributed by atoms with Gasteiger partial charge in [-0.25, -0.2) is 4.79 Å². The van der Waals surface area contributed by atoms with Gasteiger partial charge in [-0.3, -0.25) is 10.1 Å². The zero-order chi connectivity index (χ0) is 11.3. The number of imide groups is 1. The molecule has 2 heterocycles. The fourth-order valence-electron chi connectivity index (χ4n) is 2.03. The first-order chi connectivity index (χ1) is 7.62. The van der Waals surface area contributed by atoms with Gasteiger partial charge in [-0.05, 0) is 12.1 Å². The van der Waals surface area contributed by atoms with Gasteiger partial charge in [-0.15, -0.1) is 0 Å². The van der Waals surface area contributed by atoms with E-state index in [0.29, 0.717) is 11.3 Å². The molecule has 6 heteroatoms. The summed E-state index contributed by atoms with van der Waals surface area (Å²) in [7, 11) is 0. The second kappa shape index (κ2) is 2.66. The lowest BCUT2D eigenvalue weighted by Crippen LogP contribution is -2.45. The second-order valence-electron chi connectivity index (χ2n) is 3.78. The fourth-order valence-corrected chi connectivity index (χ4v) is 2.03. The summed E-state index contributed by atoms with van der Waals surface area (Å²) in [6.07, 6.45) is 0. The van der Waals surface area contributed by atoms with Crippen LogP contribution in [0.15, 0.2) is 18.2 Å². The summed E-state index contributed by atoms with van der Waals surface area (Å²) in [5.41, 5.74) is -0.575. The largest absolute Gasteiger partial charge is 0.508 e. The van der Waals surface area contributed by atoms with Crippen LogP contribution in [0.25, 0.3) is 0 Å². The maximum atomic E-state index is 11.7. The number of carbonyl (C=O) groups excluding carboxylic acids is 2. The molecular weight excluding hydrogens is 212 g/mol. The minimum atomic E-state index is -1.14. The highest BCUT2D eigenvalue weighted by Gasteiger charge is 2.53. The summed E-state index contributed by atoms with van der Waals surface area (Å²) in [6.45, 7) is 0.0450. The van der Waals surface area contributed by atoms with Gasteiger partial charge in [-0.2, -0.15) is 0 Å². The van der Waals surface area contributed by atoms with Crippen LogP contribution in [0.2, 0.25) is 0 Å². The van der Waals surface area contributed by atoms with Crippen LogP contribution in [0.3, 0.4) is 0 Å². The molecule has 1 unspecified atom stereocenters. The zero-order valence-corrected chi connectivity index (χ0v) is 8.11. The van der Waals surface area contributed by atoms with Gasteiger partial charge in [0.15, 0.2) is 5.54 Å². The van der Waals surface area contributed by atoms with Gasteiger partial charge in [0.05, 0.1) is 0 Å². The van der Waals surface area contributed by atoms with E-state index in [-0.39, 0.29) is 12.4 Å². The number of ether oxygens (including phenoxy) is 1. The van der Waals surface area contributed by atoms with Crippen LogP contribution in [0.4, 0.5) is 4.79 Å². The first kappa shape index (κ1) is 9.02. The monoisotopic (exact) mass is 220 g/mol. The number of aromatic hydroxyl groups is 1. The number of carbonyl (C=O) groups is 2. The Morgan fingerprint density at radius 3 is 2.88 bits per heavy atom. The van der Waals surface area contributed by atoms with E-state index in [1.165, 1.54) is 12.1 Å². The summed E-state index contributed by atoms with van der Waals surface area (Å²) in [6, 6.07) is 3.91. The molecule has 3 N–H and O–H groups in total. The lowest BCUT2D eigenvalue weighted by molar-refractivity contribution is -0.124. The Kier molecular flexibility index (Phi) is 1.50. The van der Waals surface area contributed by atoms with Crippen LogP contribution in [0, 0.1) is 0 Å². The lowest BCUT2D eigenvalue weighted by atomic mass is 9.92. The number of phenolic OH excluding ortho intramolecular Hbond substituents is 1. The number of hydrogen-bond acceptors (Lipinski definition) is 4. The van der Waals surface area contributed by atoms with Crippen LogP contribution < -0.4 is 15.4 Å². The minimum Gasteiger partial charge on any atom is -0.508 e. The maximum Gasteiger partial charge on any atom is 0.322 e. The van der Waals surface area contributed by atoms with Gasteiger partial charge in [0.1, 0.15) is 18.1 Å². The predicted molar refractivity (Wildman–Crippen MR) is 52.0 cm³/mol. The first-order valence-electron chi connectivity index (χ1n) is 4.72. The van der Waals surface area contributed by atoms with E-state index in [1.807, 2.05) is 0 Å². The quantitative estimate of drug-likeness (QED) is 0.529. The third-order valence-electron chi connectivity index (χ3n) is 2.81. The maximum absolute atomic E-state index is 11.7. The average molecular weight is 220 g/mol. The number of rotatable bonds is 0. The lowest BCUT2D eigenvalue weighted by Gasteiger charge is -2.17. The van der Waals surface area contributed by atoms with Crippen molar-refractivity contribution in [1.82, 2.24) is 10.6 Å². The summed E-state index contributed by atoms with van der Waals surface area (Å²) in [5, 5.41) is 14.0. The highest BCUT2D eigenvalue weighted by Crippen LogP contribution is 2.40. The van der Waals surface area contributed by atoms with Crippen molar-refractivity contribution in [1.29, 1.82) is 0 Å². The molecule has 3 rings (SSSR count). The molecule has 1 saturated heterocycles. The number of benzene rings is 1. The van der Waals surface area contributed by atoms with Crippen molar-refractivity contribution in [3.05, 3.63) is 23.8 Å². The van der Waals surface area contributed by atoms with Gasteiger partial charge in [0.25, 0.3) is 5.91 Å². The SMILES string of the molecule is O=C1NC(=O)C2(COc3cc(O)ccc32)N1. The van der Waals surface area contributed by atoms with Crippen molar-refractivity contribution in [2.24, 2.45) is 0 Å². The molecule has 82 valence electrons. The molecule has 1 aromatic rings. The van der Waals surface area contributed by atoms with Gasteiger partial charge in [-0.1, -0.05) is 0 Å². The third-order valence-corrected chi connectivity index (χ3v) is 2.81. The smallest absolute Gasteiger partial charge is 0.322 e. The average Bonchev–Trinajstić information content (AvgIpc) is 2.70. The molecule has 0 radical (unpaired) electrons. The molecule has 0 bridgehead atoms. The summed E-state index contributed by atoms with van der Waals surface area (Å²) in [5.74, 6) is 0.0415. The molecule has 6 nitrogen and oxygen atoms in total. The first-order valence-corrected chi connectivity index (χ1v) is 4.72. The predicted octanol–water partition coefficient (Wildman–Crippen LogP) is -0.181. The van der Waals surface area contributed by atoms with Gasteiger partial charge < -0.3 is 15.2 Å². The number of fused-ring (bicyclic) bond motifs is 2. The third kappa shape index (κ3) is 0.955. The molecule has 1 spiro atoms. The van der Waals surface area contributed by atoms with Crippen molar-refractivity contribution in [2.45, 2.75) is 5.54 Å². The van der Waals surface area contributed by atoms with Crippen LogP contribution in [0.1, 0.15) is 5.56 Å². The van der Waals surface area contributed by atoms with E-state index >= 15 is 0 Å². The van der Waals surface area contributed by atoms with Crippen LogP contribution in [0.5, 0.6) is 11.5 Å². The van der Waals surface area contributed by atoms with E-state index in [9.17, 15) is 14.7 Å². The van der Waals surface area contributed by atoms with E-state index < -0.39 is 17.5 Å². The fraction of sp³-hybridized carbons (Fsp3) is 0.200. The molecule has 2 aliphatic heterocycles. The number of amides is 3. The Morgan fingerprint density at radius 2 is 2.19 bits per heavy atom. The highest BCUT2D eigenvalue weighted by molar-refractivity contribution is 6.08. The van der Waals surface area contributed by atoms with Crippen LogP contribution in [-0.2, 0) is 10.3 Å². The van der Waals surface area contributed by atoms with E-state index in [4.69, 9.17) is 4.74 Å². The number of hydrogen-bond donors (Lipinski definition) is 3. The number of nitrogens with one attached hydrogen (secondary N) is 2. The van der Waals surface area contributed by atoms with Crippen molar-refractivity contribution in [3.8, 4) is 11.5 Å². The van der Waals surface area contributed by atoms with Crippen molar-refractivity contribution >= 4 is 11.9 Å². The van der Waals surface area contributed by atoms with Crippen molar-refractivity contribution in [2.75, 3.05) is 6.61 Å². The highest BCUT2D eigenvalue weighted by atomic mass is 16.5. The molecule has 1 atom stereocenters.